The van der Waals surface area contributed by atoms with Gasteiger partial charge in [-0.15, -0.1) is 0 Å². The van der Waals surface area contributed by atoms with Crippen LogP contribution < -0.4 is 5.32 Å². The number of carbonyl (C=O) groups is 1. The van der Waals surface area contributed by atoms with Crippen LogP contribution in [0.25, 0.3) is 22.0 Å². The van der Waals surface area contributed by atoms with Gasteiger partial charge in [0.05, 0.1) is 22.4 Å². The van der Waals surface area contributed by atoms with Gasteiger partial charge in [-0.25, -0.2) is 13.6 Å². The molecular formula is C21H19F2N3O3. The van der Waals surface area contributed by atoms with E-state index in [2.05, 4.69) is 15.5 Å². The summed E-state index contributed by atoms with van der Waals surface area (Å²) in [4.78, 5) is 18.6. The summed E-state index contributed by atoms with van der Waals surface area (Å²) in [6.45, 7) is 3.06. The lowest BCUT2D eigenvalue weighted by atomic mass is 9.85. The first-order valence-electron chi connectivity index (χ1n) is 9.04. The fraction of sp³-hybridized carbons (Fsp3) is 0.238. The van der Waals surface area contributed by atoms with Crippen molar-refractivity contribution in [3.05, 3.63) is 53.7 Å². The Balaban J connectivity index is 1.92. The van der Waals surface area contributed by atoms with E-state index < -0.39 is 29.7 Å². The Morgan fingerprint density at radius 1 is 1.28 bits per heavy atom. The molecule has 0 bridgehead atoms. The third-order valence-corrected chi connectivity index (χ3v) is 4.81. The fourth-order valence-corrected chi connectivity index (χ4v) is 3.70. The molecule has 0 saturated heterocycles. The zero-order valence-corrected chi connectivity index (χ0v) is 15.8. The van der Waals surface area contributed by atoms with Gasteiger partial charge in [-0.1, -0.05) is 23.4 Å². The number of halogens is 2. The molecule has 0 aliphatic carbocycles. The first kappa shape index (κ1) is 18.9. The smallest absolute Gasteiger partial charge is 0.344 e. The molecule has 0 saturated carbocycles. The highest BCUT2D eigenvalue weighted by Crippen LogP contribution is 2.40. The van der Waals surface area contributed by atoms with Gasteiger partial charge in [0.2, 0.25) is 6.61 Å². The molecule has 0 radical (unpaired) electrons. The maximum absolute atomic E-state index is 15.7. The highest BCUT2D eigenvalue weighted by atomic mass is 19.1. The molecule has 0 unspecified atom stereocenters. The number of nitrogens with one attached hydrogen (secondary N) is 2. The summed E-state index contributed by atoms with van der Waals surface area (Å²) >= 11 is 0. The quantitative estimate of drug-likeness (QED) is 0.563. The summed E-state index contributed by atoms with van der Waals surface area (Å²) in [5, 5.41) is 16.6. The van der Waals surface area contributed by atoms with Crippen LogP contribution >= 0.6 is 0 Å². The first-order chi connectivity index (χ1) is 13.8. The van der Waals surface area contributed by atoms with Gasteiger partial charge >= 0.3 is 5.97 Å². The minimum absolute atomic E-state index is 0.0784. The maximum atomic E-state index is 15.7. The average Bonchev–Trinajstić information content (AvgIpc) is 3.09. The van der Waals surface area contributed by atoms with Crippen LogP contribution in [0.3, 0.4) is 0 Å². The Hall–Kier alpha value is -3.42. The summed E-state index contributed by atoms with van der Waals surface area (Å²) < 4.78 is 30.7. The lowest BCUT2D eigenvalue weighted by Gasteiger charge is -2.34. The zero-order chi connectivity index (χ0) is 20.8. The largest absolute Gasteiger partial charge is 0.479 e. The molecule has 0 atom stereocenters. The van der Waals surface area contributed by atoms with Crippen molar-refractivity contribution in [2.75, 3.05) is 11.9 Å². The predicted molar refractivity (Wildman–Crippen MR) is 106 cm³/mol. The number of anilines is 1. The molecule has 150 valence electrons. The molecule has 0 amide bonds. The number of carboxylic acids is 1. The average molecular weight is 399 g/mol. The van der Waals surface area contributed by atoms with Crippen molar-refractivity contribution < 1.29 is 23.5 Å². The Labute approximate surface area is 165 Å². The Bertz CT molecular complexity index is 1150. The summed E-state index contributed by atoms with van der Waals surface area (Å²) in [6.07, 6.45) is 1.98. The minimum atomic E-state index is -1.19. The van der Waals surface area contributed by atoms with Crippen LogP contribution in [-0.4, -0.2) is 33.9 Å². The van der Waals surface area contributed by atoms with Crippen molar-refractivity contribution >= 4 is 28.3 Å². The monoisotopic (exact) mass is 399 g/mol. The van der Waals surface area contributed by atoms with Crippen LogP contribution in [0.5, 0.6) is 0 Å². The van der Waals surface area contributed by atoms with E-state index in [0.717, 1.165) is 5.39 Å². The lowest BCUT2D eigenvalue weighted by molar-refractivity contribution is -0.142. The highest BCUT2D eigenvalue weighted by molar-refractivity contribution is 6.09. The number of rotatable bonds is 4. The van der Waals surface area contributed by atoms with E-state index in [-0.39, 0.29) is 28.9 Å². The molecule has 1 aliphatic heterocycles. The minimum Gasteiger partial charge on any atom is -0.479 e. The zero-order valence-electron chi connectivity index (χ0n) is 15.8. The van der Waals surface area contributed by atoms with Crippen molar-refractivity contribution in [3.63, 3.8) is 0 Å². The van der Waals surface area contributed by atoms with Gasteiger partial charge in [0.25, 0.3) is 0 Å². The van der Waals surface area contributed by atoms with Crippen molar-refractivity contribution in [1.82, 2.24) is 4.98 Å². The Morgan fingerprint density at radius 3 is 2.83 bits per heavy atom. The summed E-state index contributed by atoms with van der Waals surface area (Å²) in [6, 6.07) is 8.29. The van der Waals surface area contributed by atoms with Gasteiger partial charge in [-0.05, 0) is 31.4 Å². The second kappa shape index (κ2) is 6.88. The summed E-state index contributed by atoms with van der Waals surface area (Å²) in [7, 11) is 0. The molecule has 8 heteroatoms. The molecule has 1 aliphatic rings. The third-order valence-electron chi connectivity index (χ3n) is 4.81. The van der Waals surface area contributed by atoms with Crippen LogP contribution in [0.4, 0.5) is 14.5 Å². The second-order valence-corrected chi connectivity index (χ2v) is 7.61. The van der Waals surface area contributed by atoms with E-state index in [0.29, 0.717) is 11.1 Å². The number of hydrogen-bond acceptors (Lipinski definition) is 4. The predicted octanol–water partition coefficient (Wildman–Crippen LogP) is 4.51. The summed E-state index contributed by atoms with van der Waals surface area (Å²) in [5.74, 6) is -2.68. The number of carboxylic acid groups (broad SMARTS) is 1. The number of para-hydroxylation sites is 1. The van der Waals surface area contributed by atoms with Crippen molar-refractivity contribution in [3.8, 4) is 11.1 Å². The van der Waals surface area contributed by atoms with E-state index in [1.54, 1.807) is 18.3 Å². The van der Waals surface area contributed by atoms with Gasteiger partial charge in [0, 0.05) is 29.4 Å². The molecule has 29 heavy (non-hydrogen) atoms. The van der Waals surface area contributed by atoms with E-state index in [9.17, 15) is 4.79 Å². The standard InChI is InChI=1S/C21H19F2N3O3/c1-21(2)9-15(26-29-10-16(27)28)18-14(25-21)8-13(22)17(19(18)23)12-5-3-4-11-6-7-24-20(11)12/h3-8,24-25H,9-10H2,1-2H3,(H,27,28)/b26-15+. The van der Waals surface area contributed by atoms with E-state index in [4.69, 9.17) is 9.94 Å². The number of aromatic amines is 1. The number of fused-ring (bicyclic) bond motifs is 2. The number of hydrogen-bond donors (Lipinski definition) is 3. The van der Waals surface area contributed by atoms with Crippen LogP contribution in [0, 0.1) is 11.6 Å². The number of nitrogens with zero attached hydrogens (tertiary/aromatic N) is 1. The number of oxime groups is 1. The van der Waals surface area contributed by atoms with Crippen molar-refractivity contribution in [2.24, 2.45) is 5.16 Å². The molecular weight excluding hydrogens is 380 g/mol. The fourth-order valence-electron chi connectivity index (χ4n) is 3.70. The van der Waals surface area contributed by atoms with Gasteiger partial charge < -0.3 is 20.2 Å². The molecule has 4 rings (SSSR count). The molecule has 6 nitrogen and oxygen atoms in total. The van der Waals surface area contributed by atoms with Gasteiger partial charge in [0.15, 0.2) is 0 Å². The van der Waals surface area contributed by atoms with Gasteiger partial charge in [-0.2, -0.15) is 0 Å². The van der Waals surface area contributed by atoms with Crippen LogP contribution in [-0.2, 0) is 9.63 Å². The third kappa shape index (κ3) is 3.41. The van der Waals surface area contributed by atoms with E-state index in [1.165, 1.54) is 6.07 Å². The Morgan fingerprint density at radius 2 is 2.07 bits per heavy atom. The van der Waals surface area contributed by atoms with Crippen LogP contribution in [0.2, 0.25) is 0 Å². The molecule has 2 aromatic carbocycles. The lowest BCUT2D eigenvalue weighted by Crippen LogP contribution is -2.39. The topological polar surface area (TPSA) is 86.7 Å². The summed E-state index contributed by atoms with van der Waals surface area (Å²) in [5.41, 5.74) is 0.840. The van der Waals surface area contributed by atoms with Crippen LogP contribution in [0.1, 0.15) is 25.8 Å². The van der Waals surface area contributed by atoms with Crippen molar-refractivity contribution in [1.29, 1.82) is 0 Å². The molecule has 0 spiro atoms. The Kier molecular flexibility index (Phi) is 4.49. The molecule has 3 aromatic rings. The normalized spacial score (nSPS) is 16.5. The SMILES string of the molecule is CC1(C)C/C(=N\OCC(=O)O)c2c(cc(F)c(-c3cccc4cc[nH]c34)c2F)N1. The number of H-pyrrole nitrogens is 1. The highest BCUT2D eigenvalue weighted by Gasteiger charge is 2.34. The van der Waals surface area contributed by atoms with E-state index in [1.807, 2.05) is 26.0 Å². The molecule has 3 N–H and O–H groups in total. The second-order valence-electron chi connectivity index (χ2n) is 7.61. The van der Waals surface area contributed by atoms with Gasteiger partial charge in [-0.3, -0.25) is 0 Å². The number of benzene rings is 2. The number of aromatic nitrogens is 1. The number of aliphatic carboxylic acids is 1. The van der Waals surface area contributed by atoms with Gasteiger partial charge in [0.1, 0.15) is 11.6 Å². The van der Waals surface area contributed by atoms with Crippen molar-refractivity contribution in [2.45, 2.75) is 25.8 Å². The molecule has 1 aromatic heterocycles. The van der Waals surface area contributed by atoms with Crippen LogP contribution in [0.15, 0.2) is 41.7 Å². The molecule has 2 heterocycles. The van der Waals surface area contributed by atoms with E-state index >= 15 is 8.78 Å². The first-order valence-corrected chi connectivity index (χ1v) is 9.04. The maximum Gasteiger partial charge on any atom is 0.344 e. The molecule has 0 fully saturated rings.